The molecule has 8 heteroatoms. The first kappa shape index (κ1) is 20.6. The van der Waals surface area contributed by atoms with Gasteiger partial charge in [0.1, 0.15) is 0 Å². The molecule has 1 aliphatic carbocycles. The van der Waals surface area contributed by atoms with Crippen molar-refractivity contribution < 1.29 is 14.3 Å². The highest BCUT2D eigenvalue weighted by atomic mass is 35.5. The van der Waals surface area contributed by atoms with Gasteiger partial charge in [-0.3, -0.25) is 9.78 Å². The molecule has 0 aliphatic heterocycles. The van der Waals surface area contributed by atoms with E-state index in [0.717, 1.165) is 41.4 Å². The predicted octanol–water partition coefficient (Wildman–Crippen LogP) is 4.86. The molecule has 0 saturated carbocycles. The van der Waals surface area contributed by atoms with Crippen molar-refractivity contribution >= 4 is 51.8 Å². The maximum absolute atomic E-state index is 13.0. The fraction of sp³-hybridized carbons (Fsp3) is 0.273. The minimum absolute atomic E-state index is 0.155. The van der Waals surface area contributed by atoms with Crippen LogP contribution in [0.3, 0.4) is 0 Å². The summed E-state index contributed by atoms with van der Waals surface area (Å²) in [5, 5.41) is 3.81. The molecule has 1 aliphatic rings. The number of carbonyl (C=O) groups excluding carboxylic acids is 2. The van der Waals surface area contributed by atoms with E-state index in [9.17, 15) is 9.59 Å². The molecule has 0 radical (unpaired) electrons. The topological polar surface area (TPSA) is 81.2 Å². The highest BCUT2D eigenvalue weighted by Gasteiger charge is 2.26. The van der Waals surface area contributed by atoms with Gasteiger partial charge in [-0.25, -0.2) is 9.78 Å². The Kier molecular flexibility index (Phi) is 5.88. The van der Waals surface area contributed by atoms with E-state index >= 15 is 0 Å². The van der Waals surface area contributed by atoms with Gasteiger partial charge in [-0.2, -0.15) is 0 Å². The van der Waals surface area contributed by atoms with Crippen molar-refractivity contribution in [2.24, 2.45) is 5.92 Å². The van der Waals surface area contributed by atoms with Crippen LogP contribution in [0.5, 0.6) is 0 Å². The van der Waals surface area contributed by atoms with Crippen molar-refractivity contribution in [3.05, 3.63) is 63.4 Å². The molecular formula is C22H19Cl2N3O3. The van der Waals surface area contributed by atoms with Crippen LogP contribution < -0.4 is 5.32 Å². The molecule has 2 aromatic heterocycles. The van der Waals surface area contributed by atoms with Gasteiger partial charge >= 0.3 is 5.97 Å². The number of carbonyl (C=O) groups is 2. The van der Waals surface area contributed by atoms with Crippen LogP contribution in [0.15, 0.2) is 36.5 Å². The summed E-state index contributed by atoms with van der Waals surface area (Å²) < 4.78 is 5.36. The van der Waals surface area contributed by atoms with Gasteiger partial charge in [0, 0.05) is 17.3 Å². The number of amides is 1. The molecule has 154 valence electrons. The number of para-hydroxylation sites is 1. The lowest BCUT2D eigenvalue weighted by atomic mass is 9.84. The number of fused-ring (bicyclic) bond motifs is 2. The number of hydrogen-bond acceptors (Lipinski definition) is 5. The fourth-order valence-electron chi connectivity index (χ4n) is 3.67. The number of halogens is 2. The SMILES string of the molecule is CC1CCc2nc3ccccc3c(C(=O)OCC(=O)Nc3ncc(Cl)cc3Cl)c2C1. The van der Waals surface area contributed by atoms with Crippen LogP contribution in [0.25, 0.3) is 10.9 Å². The Hall–Kier alpha value is -2.70. The molecule has 6 nitrogen and oxygen atoms in total. The molecule has 1 atom stereocenters. The first-order valence-electron chi connectivity index (χ1n) is 9.61. The van der Waals surface area contributed by atoms with Crippen molar-refractivity contribution in [2.45, 2.75) is 26.2 Å². The van der Waals surface area contributed by atoms with Crippen molar-refractivity contribution in [2.75, 3.05) is 11.9 Å². The first-order chi connectivity index (χ1) is 14.4. The summed E-state index contributed by atoms with van der Waals surface area (Å²) >= 11 is 11.8. The number of pyridine rings is 2. The molecule has 4 rings (SSSR count). The average molecular weight is 444 g/mol. The Morgan fingerprint density at radius 2 is 2.07 bits per heavy atom. The second-order valence-corrected chi connectivity index (χ2v) is 8.23. The van der Waals surface area contributed by atoms with E-state index < -0.39 is 18.5 Å². The van der Waals surface area contributed by atoms with Gasteiger partial charge in [-0.15, -0.1) is 0 Å². The lowest BCUT2D eigenvalue weighted by Gasteiger charge is -2.24. The van der Waals surface area contributed by atoms with Crippen molar-refractivity contribution in [1.82, 2.24) is 9.97 Å². The molecule has 0 bridgehead atoms. The second kappa shape index (κ2) is 8.58. The summed E-state index contributed by atoms with van der Waals surface area (Å²) in [7, 11) is 0. The summed E-state index contributed by atoms with van der Waals surface area (Å²) in [6.45, 7) is 1.70. The Bertz CT molecular complexity index is 1150. The standard InChI is InChI=1S/C22H19Cl2N3O3/c1-12-6-7-18-15(8-12)20(14-4-2-3-5-17(14)26-18)22(29)30-11-19(28)27-21-16(24)9-13(23)10-25-21/h2-5,9-10,12H,6-8,11H2,1H3,(H,25,27,28). The molecule has 1 amide bonds. The minimum atomic E-state index is -0.541. The Morgan fingerprint density at radius 3 is 2.87 bits per heavy atom. The van der Waals surface area contributed by atoms with E-state index in [-0.39, 0.29) is 10.8 Å². The maximum atomic E-state index is 13.0. The van der Waals surface area contributed by atoms with E-state index in [2.05, 4.69) is 17.2 Å². The molecule has 0 fully saturated rings. The molecule has 0 saturated heterocycles. The molecular weight excluding hydrogens is 425 g/mol. The van der Waals surface area contributed by atoms with Gasteiger partial charge in [0.25, 0.3) is 5.91 Å². The zero-order valence-corrected chi connectivity index (χ0v) is 17.8. The number of esters is 1. The number of benzene rings is 1. The summed E-state index contributed by atoms with van der Waals surface area (Å²) in [5.41, 5.74) is 3.09. The molecule has 30 heavy (non-hydrogen) atoms. The summed E-state index contributed by atoms with van der Waals surface area (Å²) in [6.07, 6.45) is 3.98. The average Bonchev–Trinajstić information content (AvgIpc) is 2.72. The van der Waals surface area contributed by atoms with Crippen molar-refractivity contribution in [1.29, 1.82) is 0 Å². The van der Waals surface area contributed by atoms with E-state index in [1.807, 2.05) is 24.3 Å². The van der Waals surface area contributed by atoms with Crippen LogP contribution in [-0.4, -0.2) is 28.5 Å². The highest BCUT2D eigenvalue weighted by molar-refractivity contribution is 6.36. The van der Waals surface area contributed by atoms with Gasteiger partial charge in [0.05, 0.1) is 21.1 Å². The van der Waals surface area contributed by atoms with Gasteiger partial charge in [0.15, 0.2) is 12.4 Å². The van der Waals surface area contributed by atoms with Crippen molar-refractivity contribution in [3.63, 3.8) is 0 Å². The molecule has 2 heterocycles. The van der Waals surface area contributed by atoms with Crippen LogP contribution in [0, 0.1) is 5.92 Å². The zero-order chi connectivity index (χ0) is 21.3. The molecule has 3 aromatic rings. The number of nitrogens with zero attached hydrogens (tertiary/aromatic N) is 2. The maximum Gasteiger partial charge on any atom is 0.339 e. The number of ether oxygens (including phenoxy) is 1. The first-order valence-corrected chi connectivity index (χ1v) is 10.4. The summed E-state index contributed by atoms with van der Waals surface area (Å²) in [4.78, 5) is 34.0. The highest BCUT2D eigenvalue weighted by Crippen LogP contribution is 2.32. The van der Waals surface area contributed by atoms with Crippen LogP contribution in [0.1, 0.15) is 35.0 Å². The zero-order valence-electron chi connectivity index (χ0n) is 16.2. The van der Waals surface area contributed by atoms with Crippen LogP contribution in [0.4, 0.5) is 5.82 Å². The van der Waals surface area contributed by atoms with Crippen molar-refractivity contribution in [3.8, 4) is 0 Å². The van der Waals surface area contributed by atoms with Gasteiger partial charge in [0.2, 0.25) is 0 Å². The monoisotopic (exact) mass is 443 g/mol. The normalized spacial score (nSPS) is 15.5. The summed E-state index contributed by atoms with van der Waals surface area (Å²) in [6, 6.07) is 8.95. The summed E-state index contributed by atoms with van der Waals surface area (Å²) in [5.74, 6) is -0.471. The smallest absolute Gasteiger partial charge is 0.339 e. The molecule has 1 aromatic carbocycles. The third kappa shape index (κ3) is 4.25. The van der Waals surface area contributed by atoms with E-state index in [0.29, 0.717) is 16.5 Å². The van der Waals surface area contributed by atoms with Gasteiger partial charge < -0.3 is 10.1 Å². The van der Waals surface area contributed by atoms with Gasteiger partial charge in [-0.05, 0) is 42.9 Å². The quantitative estimate of drug-likeness (QED) is 0.582. The third-order valence-corrected chi connectivity index (χ3v) is 5.60. The predicted molar refractivity (Wildman–Crippen MR) is 116 cm³/mol. The number of aromatic nitrogens is 2. The van der Waals surface area contributed by atoms with Crippen LogP contribution in [0.2, 0.25) is 10.0 Å². The van der Waals surface area contributed by atoms with E-state index in [4.69, 9.17) is 32.9 Å². The Labute approximate surface area is 183 Å². The number of aryl methyl sites for hydroxylation is 1. The largest absolute Gasteiger partial charge is 0.452 e. The van der Waals surface area contributed by atoms with Gasteiger partial charge in [-0.1, -0.05) is 48.3 Å². The lowest BCUT2D eigenvalue weighted by molar-refractivity contribution is -0.119. The molecule has 1 N–H and O–H groups in total. The fourth-order valence-corrected chi connectivity index (χ4v) is 4.10. The number of hydrogen-bond donors (Lipinski definition) is 1. The number of nitrogens with one attached hydrogen (secondary N) is 1. The molecule has 1 unspecified atom stereocenters. The second-order valence-electron chi connectivity index (χ2n) is 7.39. The third-order valence-electron chi connectivity index (χ3n) is 5.11. The number of anilines is 1. The molecule has 0 spiro atoms. The van der Waals surface area contributed by atoms with E-state index in [1.165, 1.54) is 12.3 Å². The number of rotatable bonds is 4. The minimum Gasteiger partial charge on any atom is -0.452 e. The Morgan fingerprint density at radius 1 is 1.27 bits per heavy atom. The van der Waals surface area contributed by atoms with Crippen LogP contribution in [-0.2, 0) is 22.4 Å². The lowest BCUT2D eigenvalue weighted by Crippen LogP contribution is -2.24. The Balaban J connectivity index is 1.56. The van der Waals surface area contributed by atoms with E-state index in [1.54, 1.807) is 0 Å². The van der Waals surface area contributed by atoms with Crippen LogP contribution >= 0.6 is 23.2 Å².